The van der Waals surface area contributed by atoms with Gasteiger partial charge in [-0.25, -0.2) is 0 Å². The lowest BCUT2D eigenvalue weighted by atomic mass is 9.99. The number of likely N-dealkylation sites (tertiary alicyclic amines) is 1. The molecule has 0 aromatic heterocycles. The first kappa shape index (κ1) is 14.4. The van der Waals surface area contributed by atoms with Crippen LogP contribution in [0.2, 0.25) is 0 Å². The van der Waals surface area contributed by atoms with Crippen LogP contribution in [0.25, 0.3) is 0 Å². The number of hydrogen-bond acceptors (Lipinski definition) is 1. The summed E-state index contributed by atoms with van der Waals surface area (Å²) in [4.78, 5) is 14.7. The molecule has 0 radical (unpaired) electrons. The van der Waals surface area contributed by atoms with Gasteiger partial charge in [-0.05, 0) is 38.2 Å². The Kier molecular flexibility index (Phi) is 5.26. The van der Waals surface area contributed by atoms with Gasteiger partial charge < -0.3 is 4.90 Å². The van der Waals surface area contributed by atoms with Gasteiger partial charge in [0.25, 0.3) is 0 Å². The van der Waals surface area contributed by atoms with Gasteiger partial charge in [0.15, 0.2) is 0 Å². The van der Waals surface area contributed by atoms with Crippen LogP contribution in [0, 0.1) is 0 Å². The molecule has 1 fully saturated rings. The molecule has 0 N–H and O–H groups in total. The fourth-order valence-corrected chi connectivity index (χ4v) is 3.03. The molecule has 3 heteroatoms. The minimum Gasteiger partial charge on any atom is -0.339 e. The van der Waals surface area contributed by atoms with E-state index < -0.39 is 0 Å². The van der Waals surface area contributed by atoms with Crippen LogP contribution in [0.5, 0.6) is 0 Å². The van der Waals surface area contributed by atoms with E-state index in [1.54, 1.807) is 0 Å². The predicted molar refractivity (Wildman–Crippen MR) is 79.5 cm³/mol. The van der Waals surface area contributed by atoms with Crippen molar-refractivity contribution in [2.45, 2.75) is 44.6 Å². The monoisotopic (exact) mass is 279 g/mol. The standard InChI is InChI=1S/C16H22ClNO/c1-13(14-7-3-2-4-8-14)16(19)18-12-6-10-15(18)9-5-11-17/h2-4,7-8,13,15H,5-6,9-12H2,1H3. The number of benzene rings is 1. The third-order valence-corrected chi connectivity index (χ3v) is 4.27. The van der Waals surface area contributed by atoms with E-state index in [4.69, 9.17) is 11.6 Å². The Bertz CT molecular complexity index is 406. The number of rotatable bonds is 5. The Balaban J connectivity index is 2.02. The highest BCUT2D eigenvalue weighted by atomic mass is 35.5. The zero-order valence-electron chi connectivity index (χ0n) is 11.5. The lowest BCUT2D eigenvalue weighted by Gasteiger charge is -2.27. The summed E-state index contributed by atoms with van der Waals surface area (Å²) in [5.41, 5.74) is 1.11. The van der Waals surface area contributed by atoms with Gasteiger partial charge in [0.05, 0.1) is 5.92 Å². The third kappa shape index (κ3) is 3.50. The highest BCUT2D eigenvalue weighted by Crippen LogP contribution is 2.26. The van der Waals surface area contributed by atoms with Gasteiger partial charge in [0.1, 0.15) is 0 Å². The molecule has 1 aromatic carbocycles. The predicted octanol–water partition coefficient (Wildman–Crippen LogP) is 3.80. The van der Waals surface area contributed by atoms with Crippen molar-refractivity contribution in [2.75, 3.05) is 12.4 Å². The molecule has 1 amide bonds. The second-order valence-electron chi connectivity index (χ2n) is 5.29. The molecule has 2 unspecified atom stereocenters. The maximum absolute atomic E-state index is 12.6. The van der Waals surface area contributed by atoms with Gasteiger partial charge in [-0.15, -0.1) is 11.6 Å². The molecular formula is C16H22ClNO. The Morgan fingerprint density at radius 2 is 2.16 bits per heavy atom. The van der Waals surface area contributed by atoms with Gasteiger partial charge in [0, 0.05) is 18.5 Å². The molecule has 0 spiro atoms. The molecule has 2 nitrogen and oxygen atoms in total. The zero-order valence-corrected chi connectivity index (χ0v) is 12.3. The maximum atomic E-state index is 12.6. The van der Waals surface area contributed by atoms with Crippen LogP contribution in [0.15, 0.2) is 30.3 Å². The number of hydrogen-bond donors (Lipinski definition) is 0. The summed E-state index contributed by atoms with van der Waals surface area (Å²) in [6.45, 7) is 2.91. The van der Waals surface area contributed by atoms with E-state index in [0.29, 0.717) is 11.9 Å². The molecule has 1 aliphatic rings. The maximum Gasteiger partial charge on any atom is 0.230 e. The third-order valence-electron chi connectivity index (χ3n) is 4.00. The smallest absolute Gasteiger partial charge is 0.230 e. The first-order chi connectivity index (χ1) is 9.24. The van der Waals surface area contributed by atoms with Crippen LogP contribution < -0.4 is 0 Å². The van der Waals surface area contributed by atoms with Crippen molar-refractivity contribution < 1.29 is 4.79 Å². The molecule has 1 saturated heterocycles. The quantitative estimate of drug-likeness (QED) is 0.751. The van der Waals surface area contributed by atoms with Gasteiger partial charge in [-0.3, -0.25) is 4.79 Å². The molecule has 2 atom stereocenters. The Labute approximate surface area is 120 Å². The number of carbonyl (C=O) groups excluding carboxylic acids is 1. The lowest BCUT2D eigenvalue weighted by Crippen LogP contribution is -2.38. The van der Waals surface area contributed by atoms with Crippen LogP contribution >= 0.6 is 11.6 Å². The van der Waals surface area contributed by atoms with Gasteiger partial charge in [0.2, 0.25) is 5.91 Å². The number of halogens is 1. The van der Waals surface area contributed by atoms with E-state index in [1.807, 2.05) is 37.3 Å². The molecular weight excluding hydrogens is 258 g/mol. The minimum absolute atomic E-state index is 0.0437. The summed E-state index contributed by atoms with van der Waals surface area (Å²) < 4.78 is 0. The van der Waals surface area contributed by atoms with Crippen molar-refractivity contribution >= 4 is 17.5 Å². The Hall–Kier alpha value is -1.02. The molecule has 1 aromatic rings. The average molecular weight is 280 g/mol. The molecule has 19 heavy (non-hydrogen) atoms. The summed E-state index contributed by atoms with van der Waals surface area (Å²) in [5, 5.41) is 0. The SMILES string of the molecule is CC(C(=O)N1CCCC1CCCCl)c1ccccc1. The van der Waals surface area contributed by atoms with E-state index in [-0.39, 0.29) is 11.8 Å². The van der Waals surface area contributed by atoms with Crippen molar-refractivity contribution in [3.8, 4) is 0 Å². The Morgan fingerprint density at radius 1 is 1.42 bits per heavy atom. The normalized spacial score (nSPS) is 20.5. The molecule has 104 valence electrons. The van der Waals surface area contributed by atoms with Gasteiger partial charge in [-0.2, -0.15) is 0 Å². The van der Waals surface area contributed by atoms with E-state index >= 15 is 0 Å². The second-order valence-corrected chi connectivity index (χ2v) is 5.67. The highest BCUT2D eigenvalue weighted by molar-refractivity contribution is 6.17. The fourth-order valence-electron chi connectivity index (χ4n) is 2.87. The summed E-state index contributed by atoms with van der Waals surface area (Å²) in [7, 11) is 0. The van der Waals surface area contributed by atoms with Crippen LogP contribution in [0.1, 0.15) is 44.1 Å². The van der Waals surface area contributed by atoms with Crippen molar-refractivity contribution in [3.63, 3.8) is 0 Å². The summed E-state index contributed by atoms with van der Waals surface area (Å²) in [6, 6.07) is 10.4. The van der Waals surface area contributed by atoms with Crippen molar-refractivity contribution in [1.29, 1.82) is 0 Å². The van der Waals surface area contributed by atoms with E-state index in [0.717, 1.165) is 37.8 Å². The lowest BCUT2D eigenvalue weighted by molar-refractivity contribution is -0.133. The molecule has 0 bridgehead atoms. The summed E-state index contributed by atoms with van der Waals surface area (Å²) in [5.74, 6) is 0.910. The molecule has 1 aliphatic heterocycles. The molecule has 0 saturated carbocycles. The fraction of sp³-hybridized carbons (Fsp3) is 0.562. The Morgan fingerprint density at radius 3 is 2.84 bits per heavy atom. The van der Waals surface area contributed by atoms with Crippen molar-refractivity contribution in [1.82, 2.24) is 4.90 Å². The number of alkyl halides is 1. The number of amides is 1. The minimum atomic E-state index is -0.0437. The van der Waals surface area contributed by atoms with Crippen molar-refractivity contribution in [3.05, 3.63) is 35.9 Å². The first-order valence-corrected chi connectivity index (χ1v) is 7.69. The topological polar surface area (TPSA) is 20.3 Å². The van der Waals surface area contributed by atoms with Gasteiger partial charge >= 0.3 is 0 Å². The highest BCUT2D eigenvalue weighted by Gasteiger charge is 2.31. The van der Waals surface area contributed by atoms with E-state index in [9.17, 15) is 4.79 Å². The zero-order chi connectivity index (χ0) is 13.7. The van der Waals surface area contributed by atoms with Crippen LogP contribution in [0.4, 0.5) is 0 Å². The van der Waals surface area contributed by atoms with Crippen molar-refractivity contribution in [2.24, 2.45) is 0 Å². The summed E-state index contributed by atoms with van der Waals surface area (Å²) >= 11 is 5.76. The van der Waals surface area contributed by atoms with Crippen LogP contribution in [-0.2, 0) is 4.79 Å². The van der Waals surface area contributed by atoms with Gasteiger partial charge in [-0.1, -0.05) is 30.3 Å². The average Bonchev–Trinajstić information content (AvgIpc) is 2.92. The van der Waals surface area contributed by atoms with Crippen LogP contribution in [-0.4, -0.2) is 29.3 Å². The molecule has 2 rings (SSSR count). The largest absolute Gasteiger partial charge is 0.339 e. The number of nitrogens with zero attached hydrogens (tertiary/aromatic N) is 1. The first-order valence-electron chi connectivity index (χ1n) is 7.15. The summed E-state index contributed by atoms with van der Waals surface area (Å²) in [6.07, 6.45) is 4.29. The second kappa shape index (κ2) is 6.95. The molecule has 0 aliphatic carbocycles. The van der Waals surface area contributed by atoms with E-state index in [1.165, 1.54) is 0 Å². The molecule has 1 heterocycles. The van der Waals surface area contributed by atoms with Crippen LogP contribution in [0.3, 0.4) is 0 Å². The number of carbonyl (C=O) groups is 1. The van der Waals surface area contributed by atoms with E-state index in [2.05, 4.69) is 4.90 Å².